The van der Waals surface area contributed by atoms with Crippen molar-refractivity contribution in [2.45, 2.75) is 54.7 Å². The molecule has 2 aliphatic carbocycles. The van der Waals surface area contributed by atoms with Gasteiger partial charge in [-0.2, -0.15) is 0 Å². The van der Waals surface area contributed by atoms with Gasteiger partial charge in [-0.25, -0.2) is 15.0 Å². The van der Waals surface area contributed by atoms with Crippen LogP contribution in [0.25, 0.3) is 5.57 Å². The molecule has 0 radical (unpaired) electrons. The van der Waals surface area contributed by atoms with Crippen LogP contribution in [0.5, 0.6) is 0 Å². The van der Waals surface area contributed by atoms with E-state index in [0.29, 0.717) is 22.5 Å². The van der Waals surface area contributed by atoms with Crippen molar-refractivity contribution in [3.63, 3.8) is 0 Å². The van der Waals surface area contributed by atoms with E-state index >= 15 is 0 Å². The highest BCUT2D eigenvalue weighted by molar-refractivity contribution is 7.99. The Morgan fingerprint density at radius 1 is 1.24 bits per heavy atom. The highest BCUT2D eigenvalue weighted by Crippen LogP contribution is 2.50. The van der Waals surface area contributed by atoms with Crippen molar-refractivity contribution in [3.05, 3.63) is 69.5 Å². The van der Waals surface area contributed by atoms with Gasteiger partial charge in [0.05, 0.1) is 36.6 Å². The van der Waals surface area contributed by atoms with Gasteiger partial charge in [-0.3, -0.25) is 4.98 Å². The van der Waals surface area contributed by atoms with E-state index in [2.05, 4.69) is 22.0 Å². The lowest BCUT2D eigenvalue weighted by molar-refractivity contribution is 0.161. The van der Waals surface area contributed by atoms with Crippen molar-refractivity contribution in [2.75, 3.05) is 31.2 Å². The van der Waals surface area contributed by atoms with Crippen LogP contribution >= 0.6 is 23.4 Å². The lowest BCUT2D eigenvalue weighted by Crippen LogP contribution is -2.45. The summed E-state index contributed by atoms with van der Waals surface area (Å²) in [5.41, 5.74) is 14.4. The Kier molecular flexibility index (Phi) is 6.16. The standard InChI is InChI=1S/C28H29ClN6O2S/c29-26-22(11-17-10-16-3-9-37-15-19(16)24(17)34-26)38-23-13-32-27(21(14-36)33-23)35-7-4-28(5-8-35)12-20-18(25(28)30)2-1-6-31-20/h1-2,6,11,13,25,36H,3-5,7-10,12,14-15,30H2/t25-/m1/s1. The first kappa shape index (κ1) is 24.5. The number of nitrogens with two attached hydrogens (primary N) is 1. The molecule has 1 saturated heterocycles. The molecule has 4 aliphatic rings. The minimum atomic E-state index is -0.180. The van der Waals surface area contributed by atoms with E-state index in [1.807, 2.05) is 12.3 Å². The first-order chi connectivity index (χ1) is 18.5. The minimum absolute atomic E-state index is 0.00877. The number of piperidine rings is 1. The number of fused-ring (bicyclic) bond motifs is 3. The third kappa shape index (κ3) is 4.03. The van der Waals surface area contributed by atoms with Gasteiger partial charge in [-0.1, -0.05) is 35.0 Å². The Bertz CT molecular complexity index is 1460. The average Bonchev–Trinajstić information content (AvgIpc) is 3.43. The van der Waals surface area contributed by atoms with Crippen LogP contribution < -0.4 is 10.6 Å². The van der Waals surface area contributed by atoms with Crippen LogP contribution in [0.1, 0.15) is 53.5 Å². The molecule has 0 unspecified atom stereocenters. The van der Waals surface area contributed by atoms with Gasteiger partial charge in [-0.15, -0.1) is 0 Å². The van der Waals surface area contributed by atoms with Crippen molar-refractivity contribution < 1.29 is 9.84 Å². The van der Waals surface area contributed by atoms with Crippen LogP contribution in [0.2, 0.25) is 5.15 Å². The summed E-state index contributed by atoms with van der Waals surface area (Å²) in [6.07, 6.45) is 8.30. The number of rotatable bonds is 4. The summed E-state index contributed by atoms with van der Waals surface area (Å²) < 4.78 is 5.64. The predicted molar refractivity (Wildman–Crippen MR) is 146 cm³/mol. The van der Waals surface area contributed by atoms with Gasteiger partial charge in [0, 0.05) is 36.6 Å². The zero-order valence-electron chi connectivity index (χ0n) is 21.0. The molecule has 0 aromatic carbocycles. The fourth-order valence-electron chi connectivity index (χ4n) is 6.50. The molecule has 0 bridgehead atoms. The summed E-state index contributed by atoms with van der Waals surface area (Å²) in [5, 5.41) is 11.3. The second-order valence-corrected chi connectivity index (χ2v) is 12.0. The van der Waals surface area contributed by atoms with E-state index in [4.69, 9.17) is 37.0 Å². The molecule has 3 aromatic rings. The molecule has 0 amide bonds. The zero-order valence-corrected chi connectivity index (χ0v) is 22.6. The highest BCUT2D eigenvalue weighted by Gasteiger charge is 2.46. The topological polar surface area (TPSA) is 110 Å². The maximum atomic E-state index is 10.2. The Labute approximate surface area is 230 Å². The normalized spacial score (nSPS) is 21.6. The molecular formula is C28H29ClN6O2S. The largest absolute Gasteiger partial charge is 0.390 e. The second kappa shape index (κ2) is 9.57. The Hall–Kier alpha value is -2.56. The molecule has 3 aromatic heterocycles. The van der Waals surface area contributed by atoms with Gasteiger partial charge in [0.1, 0.15) is 15.9 Å². The zero-order chi connectivity index (χ0) is 25.9. The number of halogens is 1. The molecular weight excluding hydrogens is 520 g/mol. The number of ether oxygens (including phenoxy) is 1. The van der Waals surface area contributed by atoms with Gasteiger partial charge in [0.2, 0.25) is 0 Å². The molecule has 10 heteroatoms. The Morgan fingerprint density at radius 2 is 2.11 bits per heavy atom. The minimum Gasteiger partial charge on any atom is -0.390 e. The summed E-state index contributed by atoms with van der Waals surface area (Å²) in [6.45, 7) is 2.83. The van der Waals surface area contributed by atoms with Gasteiger partial charge in [0.15, 0.2) is 5.82 Å². The third-order valence-electron chi connectivity index (χ3n) is 8.60. The number of anilines is 1. The number of aromatic nitrogens is 4. The van der Waals surface area contributed by atoms with E-state index in [1.165, 1.54) is 34.0 Å². The fourth-order valence-corrected chi connectivity index (χ4v) is 7.58. The highest BCUT2D eigenvalue weighted by atomic mass is 35.5. The van der Waals surface area contributed by atoms with Crippen LogP contribution in [-0.2, 0) is 24.2 Å². The van der Waals surface area contributed by atoms with Crippen molar-refractivity contribution in [2.24, 2.45) is 11.1 Å². The second-order valence-electron chi connectivity index (χ2n) is 10.6. The van der Waals surface area contributed by atoms with Crippen LogP contribution in [0.15, 0.2) is 46.1 Å². The first-order valence-electron chi connectivity index (χ1n) is 13.1. The molecule has 1 fully saturated rings. The van der Waals surface area contributed by atoms with Gasteiger partial charge in [-0.05, 0) is 60.8 Å². The molecule has 7 rings (SSSR count). The predicted octanol–water partition coefficient (Wildman–Crippen LogP) is 4.14. The molecule has 0 saturated carbocycles. The van der Waals surface area contributed by atoms with Crippen molar-refractivity contribution in [3.8, 4) is 0 Å². The van der Waals surface area contributed by atoms with Crippen LogP contribution in [0.3, 0.4) is 0 Å². The maximum Gasteiger partial charge on any atom is 0.152 e. The number of nitrogens with zero attached hydrogens (tertiary/aromatic N) is 5. The van der Waals surface area contributed by atoms with Crippen LogP contribution in [0.4, 0.5) is 5.82 Å². The van der Waals surface area contributed by atoms with Gasteiger partial charge < -0.3 is 20.5 Å². The van der Waals surface area contributed by atoms with Crippen molar-refractivity contribution in [1.29, 1.82) is 0 Å². The molecule has 5 heterocycles. The number of hydrogen-bond donors (Lipinski definition) is 2. The van der Waals surface area contributed by atoms with Gasteiger partial charge in [0.25, 0.3) is 0 Å². The molecule has 2 aliphatic heterocycles. The SMILES string of the molecule is N[C@@H]1c2cccnc2CC12CCN(c1ncc(Sc3cc4c(nc3Cl)C3=C(CCOC3)C4)nc1CO)CC2. The number of hydrogen-bond acceptors (Lipinski definition) is 9. The average molecular weight is 549 g/mol. The van der Waals surface area contributed by atoms with Crippen molar-refractivity contribution in [1.82, 2.24) is 19.9 Å². The monoisotopic (exact) mass is 548 g/mol. The van der Waals surface area contributed by atoms with Gasteiger partial charge >= 0.3 is 0 Å². The Balaban J connectivity index is 1.07. The van der Waals surface area contributed by atoms with E-state index < -0.39 is 0 Å². The Morgan fingerprint density at radius 3 is 2.92 bits per heavy atom. The van der Waals surface area contributed by atoms with E-state index in [9.17, 15) is 5.11 Å². The maximum absolute atomic E-state index is 10.2. The van der Waals surface area contributed by atoms with E-state index in [1.54, 1.807) is 6.20 Å². The van der Waals surface area contributed by atoms with Crippen LogP contribution in [-0.4, -0.2) is 51.3 Å². The fraction of sp³-hybridized carbons (Fsp3) is 0.429. The van der Waals surface area contributed by atoms with E-state index in [-0.39, 0.29) is 18.1 Å². The molecule has 196 valence electrons. The number of aliphatic hydroxyl groups excluding tert-OH is 1. The molecule has 8 nitrogen and oxygen atoms in total. The number of pyridine rings is 2. The van der Waals surface area contributed by atoms with Crippen LogP contribution in [0, 0.1) is 5.41 Å². The molecule has 1 spiro atoms. The third-order valence-corrected chi connectivity index (χ3v) is 9.93. The molecule has 38 heavy (non-hydrogen) atoms. The summed E-state index contributed by atoms with van der Waals surface area (Å²) in [6, 6.07) is 6.21. The molecule has 3 N–H and O–H groups in total. The lowest BCUT2D eigenvalue weighted by atomic mass is 9.73. The summed E-state index contributed by atoms with van der Waals surface area (Å²) >= 11 is 8.04. The summed E-state index contributed by atoms with van der Waals surface area (Å²) in [5.74, 6) is 0.740. The summed E-state index contributed by atoms with van der Waals surface area (Å²) in [4.78, 5) is 21.9. The van der Waals surface area contributed by atoms with Crippen molar-refractivity contribution >= 4 is 34.8 Å². The quantitative estimate of drug-likeness (QED) is 0.465. The van der Waals surface area contributed by atoms with E-state index in [0.717, 1.165) is 73.9 Å². The number of aliphatic hydroxyl groups is 1. The first-order valence-corrected chi connectivity index (χ1v) is 14.3. The lowest BCUT2D eigenvalue weighted by Gasteiger charge is -2.42. The summed E-state index contributed by atoms with van der Waals surface area (Å²) in [7, 11) is 0. The smallest absolute Gasteiger partial charge is 0.152 e. The molecule has 1 atom stereocenters.